The van der Waals surface area contributed by atoms with Crippen molar-refractivity contribution in [3.05, 3.63) is 0 Å². The molecule has 1 unspecified atom stereocenters. The molecule has 0 aromatic carbocycles. The van der Waals surface area contributed by atoms with E-state index in [9.17, 15) is 13.2 Å². The monoisotopic (exact) mass is 249 g/mol. The molecule has 5 nitrogen and oxygen atoms in total. The average molecular weight is 249 g/mol. The normalized spacial score (nSPS) is 23.2. The molecule has 1 atom stereocenters. The summed E-state index contributed by atoms with van der Waals surface area (Å²) in [7, 11) is 0.748. The predicted octanol–water partition coefficient (Wildman–Crippen LogP) is 0.0736. The average Bonchev–Trinajstić information content (AvgIpc) is 2.14. The van der Waals surface area contributed by atoms with Crippen molar-refractivity contribution in [3.63, 3.8) is 0 Å². The molecule has 1 aliphatic heterocycles. The van der Waals surface area contributed by atoms with Crippen LogP contribution in [0.15, 0.2) is 0 Å². The van der Waals surface area contributed by atoms with Gasteiger partial charge in [-0.2, -0.15) is 0 Å². The Bertz CT molecular complexity index is 336. The second kappa shape index (κ2) is 5.14. The van der Waals surface area contributed by atoms with E-state index < -0.39 is 21.7 Å². The Hall–Kier alpha value is -0.620. The van der Waals surface area contributed by atoms with Crippen LogP contribution < -0.4 is 0 Å². The molecule has 94 valence electrons. The number of hydrogen-bond donors (Lipinski definition) is 1. The Labute approximate surface area is 96.4 Å². The summed E-state index contributed by atoms with van der Waals surface area (Å²) in [6.45, 7) is 0.472. The maximum atomic E-state index is 11.3. The fourth-order valence-electron chi connectivity index (χ4n) is 2.13. The lowest BCUT2D eigenvalue weighted by atomic mass is 9.87. The van der Waals surface area contributed by atoms with Crippen LogP contribution in [0.5, 0.6) is 0 Å². The van der Waals surface area contributed by atoms with E-state index in [0.29, 0.717) is 19.4 Å². The molecule has 6 heteroatoms. The van der Waals surface area contributed by atoms with Gasteiger partial charge in [0, 0.05) is 6.54 Å². The molecule has 1 N–H and O–H groups in total. The van der Waals surface area contributed by atoms with Gasteiger partial charge in [0.1, 0.15) is 9.84 Å². The second-order valence-corrected chi connectivity index (χ2v) is 7.00. The van der Waals surface area contributed by atoms with Crippen LogP contribution in [0.4, 0.5) is 0 Å². The van der Waals surface area contributed by atoms with E-state index in [4.69, 9.17) is 5.11 Å². The van der Waals surface area contributed by atoms with Crippen LogP contribution in [-0.2, 0) is 14.6 Å². The molecule has 0 saturated carbocycles. The standard InChI is InChI=1S/C10H19NO4S/c1-11(2)7-9(10(12)13)8-3-5-16(14,15)6-4-8/h8-9H,3-7H2,1-2H3,(H,12,13). The fourth-order valence-corrected chi connectivity index (χ4v) is 3.66. The molecule has 0 radical (unpaired) electrons. The molecule has 1 saturated heterocycles. The first kappa shape index (κ1) is 13.4. The van der Waals surface area contributed by atoms with Crippen molar-refractivity contribution in [2.75, 3.05) is 32.1 Å². The number of carboxylic acid groups (broad SMARTS) is 1. The summed E-state index contributed by atoms with van der Waals surface area (Å²) < 4.78 is 22.5. The third-order valence-electron chi connectivity index (χ3n) is 3.05. The number of aliphatic carboxylic acids is 1. The second-order valence-electron chi connectivity index (χ2n) is 4.70. The largest absolute Gasteiger partial charge is 0.481 e. The molecule has 0 amide bonds. The molecule has 0 aromatic heterocycles. The van der Waals surface area contributed by atoms with Gasteiger partial charge in [0.05, 0.1) is 17.4 Å². The van der Waals surface area contributed by atoms with E-state index in [0.717, 1.165) is 0 Å². The Kier molecular flexibility index (Phi) is 4.32. The topological polar surface area (TPSA) is 74.7 Å². The van der Waals surface area contributed by atoms with E-state index in [1.165, 1.54) is 0 Å². The van der Waals surface area contributed by atoms with Crippen molar-refractivity contribution in [1.82, 2.24) is 4.90 Å². The molecule has 0 spiro atoms. The lowest BCUT2D eigenvalue weighted by molar-refractivity contribution is -0.144. The number of carbonyl (C=O) groups is 1. The first-order valence-corrected chi connectivity index (χ1v) is 7.22. The first-order chi connectivity index (χ1) is 7.32. The van der Waals surface area contributed by atoms with E-state index in [2.05, 4.69) is 0 Å². The zero-order valence-electron chi connectivity index (χ0n) is 9.72. The van der Waals surface area contributed by atoms with Gasteiger partial charge in [-0.3, -0.25) is 4.79 Å². The third kappa shape index (κ3) is 3.75. The quantitative estimate of drug-likeness (QED) is 0.763. The van der Waals surface area contributed by atoms with Crippen LogP contribution >= 0.6 is 0 Å². The van der Waals surface area contributed by atoms with Crippen LogP contribution in [-0.4, -0.2) is 56.5 Å². The summed E-state index contributed by atoms with van der Waals surface area (Å²) in [5, 5.41) is 9.13. The molecule has 16 heavy (non-hydrogen) atoms. The summed E-state index contributed by atoms with van der Waals surface area (Å²) in [4.78, 5) is 13.0. The van der Waals surface area contributed by atoms with Gasteiger partial charge in [0.2, 0.25) is 0 Å². The van der Waals surface area contributed by atoms with Crippen LogP contribution in [0, 0.1) is 11.8 Å². The zero-order chi connectivity index (χ0) is 12.3. The minimum atomic E-state index is -2.91. The molecule has 1 heterocycles. The SMILES string of the molecule is CN(C)CC(C(=O)O)C1CCS(=O)(=O)CC1. The summed E-state index contributed by atoms with van der Waals surface area (Å²) in [6.07, 6.45) is 0.959. The van der Waals surface area contributed by atoms with Crippen LogP contribution in [0.3, 0.4) is 0 Å². The zero-order valence-corrected chi connectivity index (χ0v) is 10.5. The van der Waals surface area contributed by atoms with E-state index in [1.807, 2.05) is 19.0 Å². The highest BCUT2D eigenvalue weighted by Gasteiger charge is 2.33. The number of carboxylic acids is 1. The van der Waals surface area contributed by atoms with Gasteiger partial charge < -0.3 is 10.0 Å². The number of nitrogens with zero attached hydrogens (tertiary/aromatic N) is 1. The van der Waals surface area contributed by atoms with Gasteiger partial charge in [-0.25, -0.2) is 8.42 Å². The van der Waals surface area contributed by atoms with Crippen LogP contribution in [0.2, 0.25) is 0 Å². The van der Waals surface area contributed by atoms with Gasteiger partial charge in [-0.1, -0.05) is 0 Å². The van der Waals surface area contributed by atoms with Crippen LogP contribution in [0.1, 0.15) is 12.8 Å². The summed E-state index contributed by atoms with van der Waals surface area (Å²) >= 11 is 0. The van der Waals surface area contributed by atoms with Crippen molar-refractivity contribution < 1.29 is 18.3 Å². The smallest absolute Gasteiger partial charge is 0.308 e. The van der Waals surface area contributed by atoms with Gasteiger partial charge in [0.25, 0.3) is 0 Å². The highest BCUT2D eigenvalue weighted by Crippen LogP contribution is 2.27. The van der Waals surface area contributed by atoms with Crippen molar-refractivity contribution in [2.24, 2.45) is 11.8 Å². The number of rotatable bonds is 4. The Morgan fingerprint density at radius 3 is 2.25 bits per heavy atom. The Morgan fingerprint density at radius 2 is 1.88 bits per heavy atom. The van der Waals surface area contributed by atoms with Crippen molar-refractivity contribution >= 4 is 15.8 Å². The third-order valence-corrected chi connectivity index (χ3v) is 4.76. The molecule has 0 bridgehead atoms. The van der Waals surface area contributed by atoms with Gasteiger partial charge in [-0.15, -0.1) is 0 Å². The molecule has 1 rings (SSSR count). The van der Waals surface area contributed by atoms with Gasteiger partial charge in [-0.05, 0) is 32.9 Å². The van der Waals surface area contributed by atoms with E-state index >= 15 is 0 Å². The predicted molar refractivity (Wildman–Crippen MR) is 61.1 cm³/mol. The maximum absolute atomic E-state index is 11.3. The molecular weight excluding hydrogens is 230 g/mol. The summed E-state index contributed by atoms with van der Waals surface area (Å²) in [5.74, 6) is -1.02. The minimum Gasteiger partial charge on any atom is -0.481 e. The highest BCUT2D eigenvalue weighted by atomic mass is 32.2. The fraction of sp³-hybridized carbons (Fsp3) is 0.900. The van der Waals surface area contributed by atoms with Crippen molar-refractivity contribution in [1.29, 1.82) is 0 Å². The van der Waals surface area contributed by atoms with Crippen molar-refractivity contribution in [3.8, 4) is 0 Å². The Balaban J connectivity index is 2.64. The number of sulfone groups is 1. The molecule has 0 aliphatic carbocycles. The minimum absolute atomic E-state index is 0.0107. The van der Waals surface area contributed by atoms with Crippen LogP contribution in [0.25, 0.3) is 0 Å². The summed E-state index contributed by atoms with van der Waals surface area (Å²) in [6, 6.07) is 0. The first-order valence-electron chi connectivity index (χ1n) is 5.40. The highest BCUT2D eigenvalue weighted by molar-refractivity contribution is 7.91. The summed E-state index contributed by atoms with van der Waals surface area (Å²) in [5.41, 5.74) is 0. The van der Waals surface area contributed by atoms with E-state index in [1.54, 1.807) is 0 Å². The van der Waals surface area contributed by atoms with Gasteiger partial charge in [0.15, 0.2) is 0 Å². The maximum Gasteiger partial charge on any atom is 0.308 e. The van der Waals surface area contributed by atoms with Crippen molar-refractivity contribution in [2.45, 2.75) is 12.8 Å². The molecule has 1 aliphatic rings. The lowest BCUT2D eigenvalue weighted by Crippen LogP contribution is -2.37. The molecule has 0 aromatic rings. The number of hydrogen-bond acceptors (Lipinski definition) is 4. The Morgan fingerprint density at radius 1 is 1.38 bits per heavy atom. The van der Waals surface area contributed by atoms with Gasteiger partial charge >= 0.3 is 5.97 Å². The molecule has 1 fully saturated rings. The lowest BCUT2D eigenvalue weighted by Gasteiger charge is -2.29. The van der Waals surface area contributed by atoms with E-state index in [-0.39, 0.29) is 17.4 Å². The molecular formula is C10H19NO4S.